The predicted molar refractivity (Wildman–Crippen MR) is 80.8 cm³/mol. The summed E-state index contributed by atoms with van der Waals surface area (Å²) in [5.41, 5.74) is 1.64. The van der Waals surface area contributed by atoms with Crippen LogP contribution in [-0.2, 0) is 0 Å². The van der Waals surface area contributed by atoms with Gasteiger partial charge in [-0.1, -0.05) is 35.9 Å². The Morgan fingerprint density at radius 1 is 1.10 bits per heavy atom. The number of carbonyl (C=O) groups is 1. The third-order valence-corrected chi connectivity index (χ3v) is 3.03. The summed E-state index contributed by atoms with van der Waals surface area (Å²) in [6.45, 7) is 0. The molecule has 6 heteroatoms. The average molecular weight is 299 g/mol. The highest BCUT2D eigenvalue weighted by molar-refractivity contribution is 6.30. The molecular weight excluding hydrogens is 288 g/mol. The molecule has 3 rings (SSSR count). The Morgan fingerprint density at radius 2 is 1.90 bits per heavy atom. The van der Waals surface area contributed by atoms with E-state index in [1.165, 1.54) is 11.0 Å². The van der Waals surface area contributed by atoms with E-state index in [1.807, 2.05) is 30.3 Å². The molecule has 0 spiro atoms. The Balaban J connectivity index is 1.78. The van der Waals surface area contributed by atoms with E-state index in [4.69, 9.17) is 11.6 Å². The quantitative estimate of drug-likeness (QED) is 0.808. The molecule has 0 aliphatic rings. The molecule has 0 aliphatic heterocycles. The maximum absolute atomic E-state index is 12.1. The van der Waals surface area contributed by atoms with Gasteiger partial charge in [0.2, 0.25) is 0 Å². The van der Waals surface area contributed by atoms with Gasteiger partial charge in [-0.3, -0.25) is 4.79 Å². The Kier molecular flexibility index (Phi) is 3.66. The fourth-order valence-corrected chi connectivity index (χ4v) is 2.00. The lowest BCUT2D eigenvalue weighted by molar-refractivity contribution is 0.102. The van der Waals surface area contributed by atoms with Crippen molar-refractivity contribution in [1.82, 2.24) is 15.0 Å². The second-order valence-electron chi connectivity index (χ2n) is 4.32. The van der Waals surface area contributed by atoms with Crippen LogP contribution in [0.4, 0.5) is 5.69 Å². The smallest absolute Gasteiger partial charge is 0.277 e. The van der Waals surface area contributed by atoms with E-state index in [1.54, 1.807) is 24.3 Å². The van der Waals surface area contributed by atoms with Crippen molar-refractivity contribution in [3.05, 3.63) is 71.5 Å². The van der Waals surface area contributed by atoms with Crippen LogP contribution < -0.4 is 5.32 Å². The zero-order valence-corrected chi connectivity index (χ0v) is 11.7. The van der Waals surface area contributed by atoms with Crippen LogP contribution in [0.25, 0.3) is 5.69 Å². The van der Waals surface area contributed by atoms with E-state index in [2.05, 4.69) is 15.5 Å². The predicted octanol–water partition coefficient (Wildman–Crippen LogP) is 3.17. The maximum Gasteiger partial charge on any atom is 0.277 e. The van der Waals surface area contributed by atoms with E-state index in [-0.39, 0.29) is 11.6 Å². The Bertz CT molecular complexity index is 770. The first-order valence-electron chi connectivity index (χ1n) is 6.27. The lowest BCUT2D eigenvalue weighted by Crippen LogP contribution is -2.13. The molecule has 104 valence electrons. The number of nitrogens with one attached hydrogen (secondary N) is 1. The Labute approximate surface area is 126 Å². The van der Waals surface area contributed by atoms with Crippen LogP contribution in [0.15, 0.2) is 60.8 Å². The molecule has 0 aliphatic carbocycles. The van der Waals surface area contributed by atoms with Gasteiger partial charge >= 0.3 is 0 Å². The Morgan fingerprint density at radius 3 is 2.67 bits per heavy atom. The number of aromatic nitrogens is 3. The molecule has 21 heavy (non-hydrogen) atoms. The summed E-state index contributed by atoms with van der Waals surface area (Å²) in [6.07, 6.45) is 1.42. The summed E-state index contributed by atoms with van der Waals surface area (Å²) >= 11 is 5.88. The molecule has 1 aromatic heterocycles. The number of hydrogen-bond acceptors (Lipinski definition) is 3. The van der Waals surface area contributed by atoms with Crippen LogP contribution in [0, 0.1) is 0 Å². The van der Waals surface area contributed by atoms with E-state index in [0.717, 1.165) is 5.69 Å². The van der Waals surface area contributed by atoms with Gasteiger partial charge in [0, 0.05) is 10.7 Å². The van der Waals surface area contributed by atoms with Crippen molar-refractivity contribution >= 4 is 23.2 Å². The lowest BCUT2D eigenvalue weighted by atomic mass is 10.3. The minimum atomic E-state index is -0.334. The average Bonchev–Trinajstić information content (AvgIpc) is 2.98. The summed E-state index contributed by atoms with van der Waals surface area (Å²) < 4.78 is 0. The molecule has 1 amide bonds. The first-order valence-corrected chi connectivity index (χ1v) is 6.65. The van der Waals surface area contributed by atoms with Crippen LogP contribution in [0.1, 0.15) is 10.5 Å². The highest BCUT2D eigenvalue weighted by Gasteiger charge is 2.11. The molecule has 0 bridgehead atoms. The van der Waals surface area contributed by atoms with E-state index >= 15 is 0 Å². The van der Waals surface area contributed by atoms with Crippen LogP contribution in [0.5, 0.6) is 0 Å². The molecule has 0 atom stereocenters. The van der Waals surface area contributed by atoms with Gasteiger partial charge in [0.1, 0.15) is 0 Å². The maximum atomic E-state index is 12.1. The van der Waals surface area contributed by atoms with E-state index in [9.17, 15) is 4.79 Å². The molecule has 0 saturated carbocycles. The molecular formula is C15H11ClN4O. The molecule has 0 unspecified atom stereocenters. The highest BCUT2D eigenvalue weighted by atomic mass is 35.5. The number of halogens is 1. The van der Waals surface area contributed by atoms with E-state index in [0.29, 0.717) is 10.7 Å². The Hall–Kier alpha value is -2.66. The van der Waals surface area contributed by atoms with Gasteiger partial charge < -0.3 is 5.32 Å². The zero-order chi connectivity index (χ0) is 14.7. The van der Waals surface area contributed by atoms with Crippen LogP contribution in [0.3, 0.4) is 0 Å². The highest BCUT2D eigenvalue weighted by Crippen LogP contribution is 2.15. The van der Waals surface area contributed by atoms with Gasteiger partial charge in [-0.05, 0) is 30.3 Å². The number of benzene rings is 2. The number of para-hydroxylation sites is 1. The summed E-state index contributed by atoms with van der Waals surface area (Å²) in [5, 5.41) is 11.5. The van der Waals surface area contributed by atoms with Gasteiger partial charge in [-0.2, -0.15) is 9.90 Å². The standard InChI is InChI=1S/C15H11ClN4O/c16-11-5-4-6-12(9-11)18-15(21)14-10-17-20(19-14)13-7-2-1-3-8-13/h1-10H,(H,18,21). The number of carbonyl (C=O) groups excluding carboxylic acids is 1. The SMILES string of the molecule is O=C(Nc1cccc(Cl)c1)c1cnn(-c2ccccc2)n1. The van der Waals surface area contributed by atoms with Crippen molar-refractivity contribution in [3.8, 4) is 5.69 Å². The van der Waals surface area contributed by atoms with Gasteiger partial charge in [0.05, 0.1) is 11.9 Å². The van der Waals surface area contributed by atoms with E-state index < -0.39 is 0 Å². The van der Waals surface area contributed by atoms with Crippen molar-refractivity contribution in [2.24, 2.45) is 0 Å². The largest absolute Gasteiger partial charge is 0.320 e. The van der Waals surface area contributed by atoms with Gasteiger partial charge in [-0.25, -0.2) is 0 Å². The number of nitrogens with zero attached hydrogens (tertiary/aromatic N) is 3. The molecule has 0 radical (unpaired) electrons. The molecule has 0 saturated heterocycles. The normalized spacial score (nSPS) is 10.3. The van der Waals surface area contributed by atoms with Crippen LogP contribution in [-0.4, -0.2) is 20.9 Å². The minimum Gasteiger partial charge on any atom is -0.320 e. The van der Waals surface area contributed by atoms with Crippen LogP contribution in [0.2, 0.25) is 5.02 Å². The lowest BCUT2D eigenvalue weighted by Gasteiger charge is -2.02. The minimum absolute atomic E-state index is 0.235. The van der Waals surface area contributed by atoms with Gasteiger partial charge in [-0.15, -0.1) is 5.10 Å². The summed E-state index contributed by atoms with van der Waals surface area (Å²) in [6, 6.07) is 16.3. The van der Waals surface area contributed by atoms with Crippen molar-refractivity contribution in [2.75, 3.05) is 5.32 Å². The third kappa shape index (κ3) is 3.09. The summed E-state index contributed by atoms with van der Waals surface area (Å²) in [5.74, 6) is -0.334. The summed E-state index contributed by atoms with van der Waals surface area (Å²) in [4.78, 5) is 13.5. The van der Waals surface area contributed by atoms with Gasteiger partial charge in [0.25, 0.3) is 5.91 Å². The molecule has 1 N–H and O–H groups in total. The molecule has 0 fully saturated rings. The topological polar surface area (TPSA) is 59.8 Å². The third-order valence-electron chi connectivity index (χ3n) is 2.79. The zero-order valence-electron chi connectivity index (χ0n) is 10.9. The first kappa shape index (κ1) is 13.3. The van der Waals surface area contributed by atoms with Crippen molar-refractivity contribution < 1.29 is 4.79 Å². The first-order chi connectivity index (χ1) is 10.2. The molecule has 2 aromatic carbocycles. The van der Waals surface area contributed by atoms with Gasteiger partial charge in [0.15, 0.2) is 5.69 Å². The second kappa shape index (κ2) is 5.76. The molecule has 1 heterocycles. The van der Waals surface area contributed by atoms with Crippen molar-refractivity contribution in [3.63, 3.8) is 0 Å². The number of amides is 1. The molecule has 5 nitrogen and oxygen atoms in total. The van der Waals surface area contributed by atoms with Crippen molar-refractivity contribution in [1.29, 1.82) is 0 Å². The second-order valence-corrected chi connectivity index (χ2v) is 4.76. The molecule has 3 aromatic rings. The number of anilines is 1. The number of hydrogen-bond donors (Lipinski definition) is 1. The summed E-state index contributed by atoms with van der Waals surface area (Å²) in [7, 11) is 0. The fourth-order valence-electron chi connectivity index (χ4n) is 1.81. The van der Waals surface area contributed by atoms with Crippen LogP contribution >= 0.6 is 11.6 Å². The fraction of sp³-hybridized carbons (Fsp3) is 0. The monoisotopic (exact) mass is 298 g/mol. The number of rotatable bonds is 3. The van der Waals surface area contributed by atoms with Crippen molar-refractivity contribution in [2.45, 2.75) is 0 Å².